The summed E-state index contributed by atoms with van der Waals surface area (Å²) in [6, 6.07) is 65.8. The van der Waals surface area contributed by atoms with Crippen molar-refractivity contribution in [3.63, 3.8) is 0 Å². The van der Waals surface area contributed by atoms with Gasteiger partial charge in [0.15, 0.2) is 23.3 Å². The third-order valence-corrected chi connectivity index (χ3v) is 16.0. The molecule has 0 unspecified atom stereocenters. The Morgan fingerprint density at radius 1 is 0.429 bits per heavy atom. The maximum atomic E-state index is 11.5. The van der Waals surface area contributed by atoms with E-state index in [0.29, 0.717) is 50.8 Å². The van der Waals surface area contributed by atoms with Crippen LogP contribution in [0.4, 0.5) is 0 Å². The number of carbonyl (C=O) groups is 1. The molecule has 0 atom stereocenters. The monoisotopic (exact) mass is 1030 g/mol. The number of nitrogens with one attached hydrogen (secondary N) is 2. The van der Waals surface area contributed by atoms with Crippen LogP contribution < -0.4 is 0 Å². The molecule has 13 heteroatoms. The number of carboxylic acids is 1. The number of aromatic nitrogens is 8. The van der Waals surface area contributed by atoms with E-state index in [4.69, 9.17) is 29.9 Å². The summed E-state index contributed by atoms with van der Waals surface area (Å²) < 4.78 is 0. The van der Waals surface area contributed by atoms with Gasteiger partial charge in [-0.15, -0.1) is 22.7 Å². The molecular formula is C64H37N9O2S2. The van der Waals surface area contributed by atoms with Crippen molar-refractivity contribution in [2.75, 3.05) is 0 Å². The van der Waals surface area contributed by atoms with Crippen molar-refractivity contribution in [1.82, 2.24) is 39.9 Å². The van der Waals surface area contributed by atoms with Crippen LogP contribution >= 0.6 is 22.7 Å². The molecule has 11 nitrogen and oxygen atoms in total. The highest BCUT2D eigenvalue weighted by molar-refractivity contribution is 7.23. The van der Waals surface area contributed by atoms with Crippen molar-refractivity contribution < 1.29 is 9.90 Å². The number of benzene rings is 7. The maximum absolute atomic E-state index is 11.5. The standard InChI is InChI=1S/C64H37N9O2S2/c65-35-43(64(74)75)31-45-23-29-55(77-45)54-28-22-44(76-54)21-16-36-17-24-46-50(30-36)60-66-56(46)68-61-52-33-41(38-12-6-2-7-13-38)19-26-48(52)58(70-61)72-63-53-34-42(39-14-8-3-9-15-39)20-27-49(53)59(73-63)71-62-51-32-40(37-10-4-1-5-11-37)18-25-47(51)57(67-60)69-62/h1-34H,(H,74,75)(H2,66,67,68,69,70,71,72,73)/b21-16+,43-31+. The third-order valence-electron chi connectivity index (χ3n) is 13.7. The van der Waals surface area contributed by atoms with E-state index in [-0.39, 0.29) is 5.57 Å². The van der Waals surface area contributed by atoms with Gasteiger partial charge in [-0.3, -0.25) is 0 Å². The Kier molecular flexibility index (Phi) is 11.0. The lowest BCUT2D eigenvalue weighted by atomic mass is 9.99. The summed E-state index contributed by atoms with van der Waals surface area (Å²) in [5, 5.41) is 22.1. The van der Waals surface area contributed by atoms with Crippen molar-refractivity contribution in [3.05, 3.63) is 209 Å². The van der Waals surface area contributed by atoms with Crippen molar-refractivity contribution in [1.29, 1.82) is 5.26 Å². The van der Waals surface area contributed by atoms with Crippen molar-refractivity contribution in [2.24, 2.45) is 0 Å². The summed E-state index contributed by atoms with van der Waals surface area (Å²) in [6.07, 6.45) is 5.56. The Bertz CT molecular complexity index is 4640. The molecule has 0 fully saturated rings. The Morgan fingerprint density at radius 2 is 0.870 bits per heavy atom. The smallest absolute Gasteiger partial charge is 0.346 e. The minimum Gasteiger partial charge on any atom is -0.477 e. The highest BCUT2D eigenvalue weighted by Gasteiger charge is 2.24. The second-order valence-electron chi connectivity index (χ2n) is 18.5. The van der Waals surface area contributed by atoms with Crippen LogP contribution in [0.2, 0.25) is 0 Å². The molecule has 0 spiro atoms. The average Bonchev–Trinajstić information content (AvgIpc) is 4.43. The zero-order valence-corrected chi connectivity index (χ0v) is 42.1. The van der Waals surface area contributed by atoms with Crippen LogP contribution in [0, 0.1) is 11.3 Å². The van der Waals surface area contributed by atoms with Crippen molar-refractivity contribution >= 4 is 91.0 Å². The fraction of sp³-hybridized carbons (Fsp3) is 0. The molecule has 77 heavy (non-hydrogen) atoms. The predicted octanol–water partition coefficient (Wildman–Crippen LogP) is 15.8. The van der Waals surface area contributed by atoms with Crippen LogP contribution in [0.15, 0.2) is 194 Å². The number of aromatic amines is 2. The lowest BCUT2D eigenvalue weighted by Crippen LogP contribution is -1.96. The van der Waals surface area contributed by atoms with Gasteiger partial charge >= 0.3 is 5.97 Å². The van der Waals surface area contributed by atoms with Crippen LogP contribution in [0.25, 0.3) is 151 Å². The fourth-order valence-electron chi connectivity index (χ4n) is 9.95. The number of nitrogens with zero attached hydrogens (tertiary/aromatic N) is 7. The lowest BCUT2D eigenvalue weighted by molar-refractivity contribution is -0.132. The number of aliphatic carboxylic acids is 1. The Labute approximate surface area is 447 Å². The molecule has 0 aliphatic carbocycles. The van der Waals surface area contributed by atoms with E-state index in [0.717, 1.165) is 97.4 Å². The molecule has 5 aromatic heterocycles. The fourth-order valence-corrected chi connectivity index (χ4v) is 11.9. The number of rotatable bonds is 8. The molecule has 3 N–H and O–H groups in total. The first-order valence-corrected chi connectivity index (χ1v) is 26.3. The van der Waals surface area contributed by atoms with Crippen LogP contribution in [-0.2, 0) is 4.79 Å². The SMILES string of the molecule is N#C/C(=C\c1ccc(-c2ccc(/C=C/c3ccc4c5nc6nc(nc7[nH]c(nc8nc(nc([nH]5)c4c3)-c3ccc(-c4ccccc4)cc3-8)c3ccc(-c4ccccc4)cc73)-c3ccc(-c4ccccc4)cc3-6)s2)s1)C(=O)O. The molecule has 0 saturated heterocycles. The zero-order chi connectivity index (χ0) is 51.6. The van der Waals surface area contributed by atoms with E-state index in [2.05, 4.69) is 143 Å². The number of fused-ring (bicyclic) bond motifs is 20. The first-order chi connectivity index (χ1) is 37.8. The van der Waals surface area contributed by atoms with Gasteiger partial charge in [-0.2, -0.15) is 5.26 Å². The molecule has 7 aromatic carbocycles. The number of hydrogen-bond acceptors (Lipinski definition) is 10. The van der Waals surface area contributed by atoms with Crippen LogP contribution in [0.3, 0.4) is 0 Å². The summed E-state index contributed by atoms with van der Waals surface area (Å²) in [4.78, 5) is 54.4. The van der Waals surface area contributed by atoms with Gasteiger partial charge in [0.2, 0.25) is 0 Å². The minimum atomic E-state index is -1.25. The average molecular weight is 1030 g/mol. The molecule has 7 heterocycles. The summed E-state index contributed by atoms with van der Waals surface area (Å²) >= 11 is 3.06. The Hall–Kier alpha value is -10.3. The van der Waals surface area contributed by atoms with Crippen molar-refractivity contribution in [3.8, 4) is 94.8 Å². The number of H-pyrrole nitrogens is 2. The summed E-state index contributed by atoms with van der Waals surface area (Å²) in [5.74, 6) is 0.799. The summed E-state index contributed by atoms with van der Waals surface area (Å²) in [7, 11) is 0. The van der Waals surface area contributed by atoms with Crippen LogP contribution in [-0.4, -0.2) is 50.9 Å². The Morgan fingerprint density at radius 3 is 1.39 bits per heavy atom. The molecule has 362 valence electrons. The van der Waals surface area contributed by atoms with E-state index < -0.39 is 5.97 Å². The van der Waals surface area contributed by atoms with Gasteiger partial charge in [-0.05, 0) is 124 Å². The topological polar surface area (TPSA) is 170 Å². The van der Waals surface area contributed by atoms with Gasteiger partial charge in [-0.1, -0.05) is 121 Å². The highest BCUT2D eigenvalue weighted by atomic mass is 32.1. The van der Waals surface area contributed by atoms with Gasteiger partial charge < -0.3 is 15.1 Å². The second kappa shape index (κ2) is 18.6. The lowest BCUT2D eigenvalue weighted by Gasteiger charge is -2.05. The van der Waals surface area contributed by atoms with Gasteiger partial charge in [0.1, 0.15) is 34.2 Å². The summed E-state index contributed by atoms with van der Waals surface area (Å²) in [5.41, 5.74) is 12.8. The second-order valence-corrected chi connectivity index (χ2v) is 20.7. The quantitative estimate of drug-likeness (QED) is 0.0990. The van der Waals surface area contributed by atoms with Gasteiger partial charge in [0.25, 0.3) is 0 Å². The predicted molar refractivity (Wildman–Crippen MR) is 310 cm³/mol. The van der Waals surface area contributed by atoms with Crippen LogP contribution in [0.5, 0.6) is 0 Å². The van der Waals surface area contributed by atoms with E-state index in [9.17, 15) is 15.2 Å². The molecular weight excluding hydrogens is 991 g/mol. The maximum Gasteiger partial charge on any atom is 0.346 e. The van der Waals surface area contributed by atoms with Gasteiger partial charge in [-0.25, -0.2) is 34.7 Å². The highest BCUT2D eigenvalue weighted by Crippen LogP contribution is 2.41. The first-order valence-electron chi connectivity index (χ1n) is 24.6. The molecule has 14 rings (SSSR count). The van der Waals surface area contributed by atoms with Crippen LogP contribution in [0.1, 0.15) is 15.3 Å². The zero-order valence-electron chi connectivity index (χ0n) is 40.4. The molecule has 0 amide bonds. The number of nitriles is 1. The minimum absolute atomic E-state index is 0.303. The van der Waals surface area contributed by atoms with E-state index in [1.54, 1.807) is 17.4 Å². The largest absolute Gasteiger partial charge is 0.477 e. The number of carboxylic acid groups (broad SMARTS) is 1. The van der Waals surface area contributed by atoms with Gasteiger partial charge in [0.05, 0.1) is 0 Å². The molecule has 2 aliphatic heterocycles. The molecule has 12 aromatic rings. The van der Waals surface area contributed by atoms with E-state index in [1.165, 1.54) is 17.4 Å². The van der Waals surface area contributed by atoms with E-state index >= 15 is 0 Å². The van der Waals surface area contributed by atoms with Gasteiger partial charge in [0, 0.05) is 63.3 Å². The normalized spacial score (nSPS) is 12.0. The number of thiophene rings is 2. The molecule has 0 saturated carbocycles. The van der Waals surface area contributed by atoms with Crippen molar-refractivity contribution in [2.45, 2.75) is 0 Å². The first kappa shape index (κ1) is 45.4. The van der Waals surface area contributed by atoms with E-state index in [1.807, 2.05) is 66.7 Å². The summed E-state index contributed by atoms with van der Waals surface area (Å²) in [6.45, 7) is 0. The molecule has 0 radical (unpaired) electrons. The molecule has 2 aliphatic rings. The number of hydrogen-bond donors (Lipinski definition) is 3. The Balaban J connectivity index is 0.979. The molecule has 8 bridgehead atoms. The third kappa shape index (κ3) is 8.36.